The Hall–Kier alpha value is -1.88. The van der Waals surface area contributed by atoms with Crippen LogP contribution in [0, 0.1) is 5.41 Å². The molecule has 2 atom stereocenters. The molecule has 0 spiro atoms. The van der Waals surface area contributed by atoms with Gasteiger partial charge >= 0.3 is 0 Å². The van der Waals surface area contributed by atoms with Gasteiger partial charge in [0.05, 0.1) is 26.3 Å². The topological polar surface area (TPSA) is 38.7 Å². The predicted molar refractivity (Wildman–Crippen MR) is 154 cm³/mol. The Morgan fingerprint density at radius 1 is 0.892 bits per heavy atom. The first kappa shape index (κ1) is 29.7. The highest BCUT2D eigenvalue weighted by Gasteiger charge is 2.36. The van der Waals surface area contributed by atoms with Gasteiger partial charge in [0.2, 0.25) is 0 Å². The van der Waals surface area contributed by atoms with Crippen molar-refractivity contribution in [1.82, 2.24) is 0 Å². The molecule has 0 heterocycles. The van der Waals surface area contributed by atoms with E-state index in [9.17, 15) is 5.11 Å². The Labute approximate surface area is 226 Å². The summed E-state index contributed by atoms with van der Waals surface area (Å²) in [7, 11) is 2.32. The minimum Gasteiger partial charge on any atom is -0.491 e. The second kappa shape index (κ2) is 13.3. The van der Waals surface area contributed by atoms with Crippen LogP contribution in [0.3, 0.4) is 0 Å². The lowest BCUT2D eigenvalue weighted by Crippen LogP contribution is -2.56. The molecule has 1 saturated carbocycles. The van der Waals surface area contributed by atoms with E-state index in [-0.39, 0.29) is 10.8 Å². The van der Waals surface area contributed by atoms with Gasteiger partial charge in [-0.25, -0.2) is 0 Å². The normalized spacial score (nSPS) is 17.8. The van der Waals surface area contributed by atoms with Crippen LogP contribution < -0.4 is 4.74 Å². The quantitative estimate of drug-likeness (QED) is 0.230. The molecule has 4 nitrogen and oxygen atoms in total. The molecule has 2 aromatic rings. The fraction of sp³-hybridized carbons (Fsp3) is 0.636. The third kappa shape index (κ3) is 9.74. The average molecular weight is 511 g/mol. The van der Waals surface area contributed by atoms with Gasteiger partial charge in [-0.05, 0) is 60.6 Å². The molecular weight excluding hydrogens is 458 g/mol. The van der Waals surface area contributed by atoms with E-state index in [0.717, 1.165) is 23.2 Å². The van der Waals surface area contributed by atoms with Gasteiger partial charge in [0.15, 0.2) is 0 Å². The zero-order valence-electron chi connectivity index (χ0n) is 24.3. The van der Waals surface area contributed by atoms with Crippen LogP contribution in [0.15, 0.2) is 54.6 Å². The number of likely N-dealkylation sites (N-methyl/N-ethyl adjacent to an activating group) is 1. The molecule has 37 heavy (non-hydrogen) atoms. The number of nitrogens with zero attached hydrogens (tertiary/aromatic N) is 1. The number of aliphatic hydroxyl groups is 1. The molecule has 3 rings (SSSR count). The van der Waals surface area contributed by atoms with Crippen molar-refractivity contribution in [2.75, 3.05) is 33.4 Å². The summed E-state index contributed by atoms with van der Waals surface area (Å²) in [6, 6.07) is 19.8. The number of ether oxygens (including phenoxy) is 2. The van der Waals surface area contributed by atoms with Crippen molar-refractivity contribution < 1.29 is 19.1 Å². The standard InChI is InChI=1S/C33H52NO3/c1-32(2,3)26-33(4,5)28-17-19-31(20-18-28)37-22-21-36-25-30(35)24-34(6,29-15-11-8-12-16-29)23-27-13-9-7-10-14-27/h7,9-10,13-14,17-20,29-30,35H,8,11-12,15-16,21-26H2,1-6H3/q+1/t30-,34?/m1/s1. The summed E-state index contributed by atoms with van der Waals surface area (Å²) in [5, 5.41) is 10.9. The fourth-order valence-corrected chi connectivity index (χ4v) is 6.45. The lowest BCUT2D eigenvalue weighted by Gasteiger charge is -2.44. The van der Waals surface area contributed by atoms with Crippen molar-refractivity contribution in [1.29, 1.82) is 0 Å². The Kier molecular flexibility index (Phi) is 10.6. The van der Waals surface area contributed by atoms with Crippen LogP contribution in [0.4, 0.5) is 0 Å². The van der Waals surface area contributed by atoms with E-state index in [2.05, 4.69) is 96.3 Å². The van der Waals surface area contributed by atoms with E-state index in [0.29, 0.717) is 32.4 Å². The predicted octanol–water partition coefficient (Wildman–Crippen LogP) is 7.14. The van der Waals surface area contributed by atoms with Gasteiger partial charge in [0.25, 0.3) is 0 Å². The molecule has 1 aliphatic rings. The maximum atomic E-state index is 10.9. The number of benzene rings is 2. The minimum atomic E-state index is -0.486. The molecule has 2 aromatic carbocycles. The van der Waals surface area contributed by atoms with E-state index in [1.165, 1.54) is 43.2 Å². The van der Waals surface area contributed by atoms with Gasteiger partial charge in [-0.2, -0.15) is 0 Å². The Morgan fingerprint density at radius 3 is 2.16 bits per heavy atom. The van der Waals surface area contributed by atoms with Gasteiger partial charge < -0.3 is 19.1 Å². The average Bonchev–Trinajstić information content (AvgIpc) is 2.84. The summed E-state index contributed by atoms with van der Waals surface area (Å²) < 4.78 is 12.6. The second-order valence-electron chi connectivity index (χ2n) is 13.3. The summed E-state index contributed by atoms with van der Waals surface area (Å²) in [6.07, 6.45) is 7.07. The van der Waals surface area contributed by atoms with Crippen LogP contribution in [-0.4, -0.2) is 55.1 Å². The van der Waals surface area contributed by atoms with Crippen molar-refractivity contribution in [2.45, 2.75) is 97.2 Å². The number of hydrogen-bond donors (Lipinski definition) is 1. The van der Waals surface area contributed by atoms with Gasteiger partial charge in [-0.3, -0.25) is 0 Å². The molecule has 1 unspecified atom stereocenters. The molecule has 0 amide bonds. The van der Waals surface area contributed by atoms with E-state index in [1.54, 1.807) is 0 Å². The maximum absolute atomic E-state index is 10.9. The van der Waals surface area contributed by atoms with Crippen LogP contribution >= 0.6 is 0 Å². The van der Waals surface area contributed by atoms with Crippen molar-refractivity contribution >= 4 is 0 Å². The van der Waals surface area contributed by atoms with Gasteiger partial charge in [0, 0.05) is 5.56 Å². The molecule has 0 aromatic heterocycles. The second-order valence-corrected chi connectivity index (χ2v) is 13.3. The summed E-state index contributed by atoms with van der Waals surface area (Å²) in [4.78, 5) is 0. The van der Waals surface area contributed by atoms with Crippen LogP contribution in [0.25, 0.3) is 0 Å². The van der Waals surface area contributed by atoms with Crippen molar-refractivity contribution in [2.24, 2.45) is 5.41 Å². The highest BCUT2D eigenvalue weighted by atomic mass is 16.5. The largest absolute Gasteiger partial charge is 0.491 e. The summed E-state index contributed by atoms with van der Waals surface area (Å²) in [5.41, 5.74) is 3.09. The molecule has 4 heteroatoms. The van der Waals surface area contributed by atoms with E-state index >= 15 is 0 Å². The smallest absolute Gasteiger partial charge is 0.126 e. The monoisotopic (exact) mass is 510 g/mol. The molecule has 0 aliphatic heterocycles. The lowest BCUT2D eigenvalue weighted by atomic mass is 9.72. The van der Waals surface area contributed by atoms with E-state index < -0.39 is 6.10 Å². The molecule has 0 bridgehead atoms. The third-order valence-electron chi connectivity index (χ3n) is 7.89. The molecule has 1 fully saturated rings. The first-order chi connectivity index (χ1) is 17.5. The van der Waals surface area contributed by atoms with Crippen molar-refractivity contribution in [3.8, 4) is 5.75 Å². The Bertz CT molecular complexity index is 913. The van der Waals surface area contributed by atoms with Gasteiger partial charge in [0.1, 0.15) is 31.5 Å². The number of aliphatic hydroxyl groups excluding tert-OH is 1. The first-order valence-electron chi connectivity index (χ1n) is 14.3. The van der Waals surface area contributed by atoms with Crippen LogP contribution in [0.1, 0.15) is 84.3 Å². The zero-order valence-corrected chi connectivity index (χ0v) is 24.3. The molecule has 0 radical (unpaired) electrons. The van der Waals surface area contributed by atoms with Crippen LogP contribution in [-0.2, 0) is 16.7 Å². The Morgan fingerprint density at radius 2 is 1.54 bits per heavy atom. The summed E-state index contributed by atoms with van der Waals surface area (Å²) in [5.74, 6) is 0.865. The molecular formula is C33H52NO3+. The summed E-state index contributed by atoms with van der Waals surface area (Å²) >= 11 is 0. The van der Waals surface area contributed by atoms with E-state index in [1.807, 2.05) is 0 Å². The van der Waals surface area contributed by atoms with Crippen LogP contribution in [0.2, 0.25) is 0 Å². The number of rotatable bonds is 13. The molecule has 1 N–H and O–H groups in total. The third-order valence-corrected chi connectivity index (χ3v) is 7.89. The molecule has 1 aliphatic carbocycles. The lowest BCUT2D eigenvalue weighted by molar-refractivity contribution is -0.950. The zero-order chi connectivity index (χ0) is 26.9. The first-order valence-corrected chi connectivity index (χ1v) is 14.3. The molecule has 0 saturated heterocycles. The maximum Gasteiger partial charge on any atom is 0.126 e. The molecule has 206 valence electrons. The minimum absolute atomic E-state index is 0.126. The van der Waals surface area contributed by atoms with E-state index in [4.69, 9.17) is 9.47 Å². The Balaban J connectivity index is 1.44. The van der Waals surface area contributed by atoms with Crippen LogP contribution in [0.5, 0.6) is 5.75 Å². The highest BCUT2D eigenvalue weighted by Crippen LogP contribution is 2.36. The summed E-state index contributed by atoms with van der Waals surface area (Å²) in [6.45, 7) is 14.5. The van der Waals surface area contributed by atoms with Gasteiger partial charge in [-0.15, -0.1) is 0 Å². The number of quaternary nitrogens is 1. The highest BCUT2D eigenvalue weighted by molar-refractivity contribution is 5.31. The fourth-order valence-electron chi connectivity index (χ4n) is 6.45. The van der Waals surface area contributed by atoms with Crippen molar-refractivity contribution in [3.05, 3.63) is 65.7 Å². The SMILES string of the molecule is CC(C)(C)CC(C)(C)c1ccc(OCCOC[C@H](O)C[N+](C)(Cc2ccccc2)C2CCCCC2)cc1. The number of hydrogen-bond acceptors (Lipinski definition) is 3. The van der Waals surface area contributed by atoms with Gasteiger partial charge in [-0.1, -0.05) is 83.5 Å². The van der Waals surface area contributed by atoms with Crippen molar-refractivity contribution in [3.63, 3.8) is 0 Å².